The second-order valence-corrected chi connectivity index (χ2v) is 17.3. The quantitative estimate of drug-likeness (QED) is 0.0417. The zero-order valence-corrected chi connectivity index (χ0v) is 33.5. The number of carboxylic acid groups (broad SMARTS) is 1. The maximum atomic E-state index is 12.4. The average Bonchev–Trinajstić information content (AvgIpc) is 3.76. The number of aryl methyl sites for hydroxylation is 1. The molecule has 1 saturated carbocycles. The SMILES string of the molecule is CCCCCC1C=CC(CCCCCC(C(=O)O)C(O)CCC2(O)CC(Cc3ccnc(N)c3)CC2Cc2cc(C(C)CCc3ccccc3)c[nH]2)C(O)C1. The molecule has 0 spiro atoms. The van der Waals surface area contributed by atoms with Crippen molar-refractivity contribution in [2.45, 2.75) is 153 Å². The minimum Gasteiger partial charge on any atom is -0.481 e. The number of carboxylic acids is 1. The molecular formula is C47H69N3O5. The summed E-state index contributed by atoms with van der Waals surface area (Å²) in [7, 11) is 0. The van der Waals surface area contributed by atoms with Crippen LogP contribution in [0.5, 0.6) is 0 Å². The van der Waals surface area contributed by atoms with E-state index in [0.29, 0.717) is 49.8 Å². The number of anilines is 1. The van der Waals surface area contributed by atoms with Gasteiger partial charge in [-0.25, -0.2) is 4.98 Å². The summed E-state index contributed by atoms with van der Waals surface area (Å²) < 4.78 is 0. The monoisotopic (exact) mass is 756 g/mol. The van der Waals surface area contributed by atoms with Crippen molar-refractivity contribution in [3.05, 3.63) is 95.5 Å². The van der Waals surface area contributed by atoms with Crippen molar-refractivity contribution >= 4 is 11.8 Å². The van der Waals surface area contributed by atoms with Crippen LogP contribution in [0.4, 0.5) is 5.82 Å². The predicted octanol–water partition coefficient (Wildman–Crippen LogP) is 9.20. The van der Waals surface area contributed by atoms with Gasteiger partial charge >= 0.3 is 5.97 Å². The summed E-state index contributed by atoms with van der Waals surface area (Å²) >= 11 is 0. The van der Waals surface area contributed by atoms with Crippen LogP contribution in [0.3, 0.4) is 0 Å². The van der Waals surface area contributed by atoms with Crippen molar-refractivity contribution in [2.24, 2.45) is 29.6 Å². The molecule has 2 aliphatic carbocycles. The predicted molar refractivity (Wildman–Crippen MR) is 222 cm³/mol. The number of nitrogens with zero attached hydrogens (tertiary/aromatic N) is 1. The lowest BCUT2D eigenvalue weighted by Crippen LogP contribution is -2.37. The minimum absolute atomic E-state index is 0.0332. The fraction of sp³-hybridized carbons (Fsp3) is 0.617. The molecule has 0 bridgehead atoms. The molecule has 55 heavy (non-hydrogen) atoms. The van der Waals surface area contributed by atoms with Gasteiger partial charge in [0.1, 0.15) is 5.82 Å². The number of aromatic amines is 1. The first-order valence-electron chi connectivity index (χ1n) is 21.4. The molecule has 2 heterocycles. The van der Waals surface area contributed by atoms with Crippen LogP contribution in [0, 0.1) is 29.6 Å². The zero-order valence-electron chi connectivity index (χ0n) is 33.5. The average molecular weight is 756 g/mol. The standard InChI is InChI=1S/C47H69N3O5/c1-3-4-7-14-35-19-20-38(44(52)27-35)15-10-6-11-16-42(46(53)54)43(51)21-23-47(55)31-37(25-36-22-24-49-45(48)28-36)26-40(47)30-41-29-39(32-50-41)33(2)17-18-34-12-8-5-9-13-34/h5,8-9,12-13,19-20,22,24,28-29,32-33,35,37-38,40,42-44,50-52,55H,3-4,6-7,10-11,14-18,21,23,25-27,30-31H2,1-2H3,(H2,48,49)(H,53,54). The van der Waals surface area contributed by atoms with E-state index in [4.69, 9.17) is 5.73 Å². The third kappa shape index (κ3) is 13.0. The number of hydrogen-bond donors (Lipinski definition) is 6. The number of aliphatic hydroxyl groups excluding tert-OH is 2. The largest absolute Gasteiger partial charge is 0.481 e. The van der Waals surface area contributed by atoms with E-state index in [1.807, 2.05) is 18.2 Å². The van der Waals surface area contributed by atoms with Crippen molar-refractivity contribution in [3.63, 3.8) is 0 Å². The number of hydrogen-bond acceptors (Lipinski definition) is 6. The second-order valence-electron chi connectivity index (χ2n) is 17.3. The maximum Gasteiger partial charge on any atom is 0.309 e. The van der Waals surface area contributed by atoms with E-state index >= 15 is 0 Å². The summed E-state index contributed by atoms with van der Waals surface area (Å²) in [4.78, 5) is 20.0. The second kappa shape index (κ2) is 21.2. The molecular weight excluding hydrogens is 687 g/mol. The summed E-state index contributed by atoms with van der Waals surface area (Å²) in [5.74, 6) is -0.123. The Morgan fingerprint density at radius 2 is 1.76 bits per heavy atom. The number of allylic oxidation sites excluding steroid dienone is 1. The third-order valence-electron chi connectivity index (χ3n) is 13.0. The Hall–Kier alpha value is -3.46. The highest BCUT2D eigenvalue weighted by molar-refractivity contribution is 5.70. The molecule has 0 aliphatic heterocycles. The summed E-state index contributed by atoms with van der Waals surface area (Å²) in [5.41, 5.74) is 9.78. The Balaban J connectivity index is 1.14. The van der Waals surface area contributed by atoms with Gasteiger partial charge in [-0.05, 0) is 136 Å². The molecule has 1 fully saturated rings. The van der Waals surface area contributed by atoms with E-state index in [1.165, 1.54) is 30.4 Å². The molecule has 0 radical (unpaired) electrons. The Bertz CT molecular complexity index is 1610. The molecule has 0 amide bonds. The fourth-order valence-electron chi connectivity index (χ4n) is 9.54. The highest BCUT2D eigenvalue weighted by Crippen LogP contribution is 2.46. The van der Waals surface area contributed by atoms with Crippen molar-refractivity contribution in [1.29, 1.82) is 0 Å². The number of rotatable bonds is 23. The van der Waals surface area contributed by atoms with E-state index in [9.17, 15) is 25.2 Å². The number of pyridine rings is 1. The van der Waals surface area contributed by atoms with Gasteiger partial charge in [-0.15, -0.1) is 0 Å². The summed E-state index contributed by atoms with van der Waals surface area (Å²) in [6, 6.07) is 16.7. The molecule has 8 heteroatoms. The van der Waals surface area contributed by atoms with Crippen LogP contribution in [0.15, 0.2) is 73.1 Å². The lowest BCUT2D eigenvalue weighted by atomic mass is 9.80. The molecule has 9 unspecified atom stereocenters. The van der Waals surface area contributed by atoms with E-state index in [0.717, 1.165) is 69.0 Å². The number of carbonyl (C=O) groups is 1. The number of aliphatic carboxylic acids is 1. The highest BCUT2D eigenvalue weighted by atomic mass is 16.4. The Labute approximate surface area is 330 Å². The number of nitrogens with one attached hydrogen (secondary N) is 1. The van der Waals surface area contributed by atoms with E-state index in [2.05, 4.69) is 72.5 Å². The summed E-state index contributed by atoms with van der Waals surface area (Å²) in [5, 5.41) is 44.5. The minimum atomic E-state index is -1.03. The topological polar surface area (TPSA) is 153 Å². The number of aliphatic hydroxyl groups is 3. The molecule has 0 saturated heterocycles. The van der Waals surface area contributed by atoms with Gasteiger partial charge in [-0.2, -0.15) is 0 Å². The van der Waals surface area contributed by atoms with Crippen LogP contribution >= 0.6 is 0 Å². The number of unbranched alkanes of at least 4 members (excludes halogenated alkanes) is 4. The molecule has 2 aromatic heterocycles. The number of nitrogen functional groups attached to an aromatic ring is 1. The van der Waals surface area contributed by atoms with Crippen molar-refractivity contribution in [3.8, 4) is 0 Å². The van der Waals surface area contributed by atoms with Crippen LogP contribution in [-0.4, -0.2) is 54.2 Å². The first-order valence-corrected chi connectivity index (χ1v) is 21.4. The number of aromatic nitrogens is 2. The van der Waals surface area contributed by atoms with Crippen LogP contribution < -0.4 is 5.73 Å². The van der Waals surface area contributed by atoms with Gasteiger partial charge in [0.2, 0.25) is 0 Å². The normalized spacial score (nSPS) is 25.5. The zero-order chi connectivity index (χ0) is 39.2. The van der Waals surface area contributed by atoms with Crippen molar-refractivity contribution in [2.75, 3.05) is 5.73 Å². The Kier molecular flexibility index (Phi) is 16.4. The molecule has 302 valence electrons. The molecule has 8 nitrogen and oxygen atoms in total. The lowest BCUT2D eigenvalue weighted by Gasteiger charge is -2.32. The molecule has 9 atom stereocenters. The van der Waals surface area contributed by atoms with E-state index < -0.39 is 23.6 Å². The Morgan fingerprint density at radius 3 is 2.51 bits per heavy atom. The number of H-pyrrole nitrogens is 1. The van der Waals surface area contributed by atoms with Crippen LogP contribution in [0.25, 0.3) is 0 Å². The molecule has 3 aromatic rings. The fourth-order valence-corrected chi connectivity index (χ4v) is 9.54. The lowest BCUT2D eigenvalue weighted by molar-refractivity contribution is -0.146. The van der Waals surface area contributed by atoms with E-state index in [1.54, 1.807) is 6.20 Å². The van der Waals surface area contributed by atoms with Crippen molar-refractivity contribution in [1.82, 2.24) is 9.97 Å². The molecule has 5 rings (SSSR count). The third-order valence-corrected chi connectivity index (χ3v) is 13.0. The number of benzene rings is 1. The molecule has 1 aromatic carbocycles. The first-order chi connectivity index (χ1) is 26.5. The van der Waals surface area contributed by atoms with Crippen LogP contribution in [0.2, 0.25) is 0 Å². The summed E-state index contributed by atoms with van der Waals surface area (Å²) in [6.07, 6.45) is 22.0. The summed E-state index contributed by atoms with van der Waals surface area (Å²) in [6.45, 7) is 4.48. The van der Waals surface area contributed by atoms with Gasteiger partial charge in [0.25, 0.3) is 0 Å². The molecule has 7 N–H and O–H groups in total. The smallest absolute Gasteiger partial charge is 0.309 e. The number of nitrogens with two attached hydrogens (primary N) is 1. The van der Waals surface area contributed by atoms with Gasteiger partial charge in [0, 0.05) is 24.0 Å². The first kappa shape index (κ1) is 42.7. The van der Waals surface area contributed by atoms with Crippen LogP contribution in [0.1, 0.15) is 138 Å². The van der Waals surface area contributed by atoms with Gasteiger partial charge in [0.15, 0.2) is 0 Å². The van der Waals surface area contributed by atoms with Crippen LogP contribution in [-0.2, 0) is 24.1 Å². The van der Waals surface area contributed by atoms with Gasteiger partial charge in [0.05, 0.1) is 23.7 Å². The van der Waals surface area contributed by atoms with Gasteiger partial charge in [-0.3, -0.25) is 4.79 Å². The Morgan fingerprint density at radius 1 is 0.964 bits per heavy atom. The van der Waals surface area contributed by atoms with E-state index in [-0.39, 0.29) is 30.3 Å². The maximum absolute atomic E-state index is 12.4. The highest BCUT2D eigenvalue weighted by Gasteiger charge is 2.46. The van der Waals surface area contributed by atoms with Crippen molar-refractivity contribution < 1.29 is 25.2 Å². The van der Waals surface area contributed by atoms with Gasteiger partial charge in [-0.1, -0.05) is 94.9 Å². The molecule has 2 aliphatic rings. The van der Waals surface area contributed by atoms with Gasteiger partial charge < -0.3 is 31.1 Å².